The highest BCUT2D eigenvalue weighted by molar-refractivity contribution is 5.80. The first-order valence-electron chi connectivity index (χ1n) is 9.51. The Morgan fingerprint density at radius 1 is 1.00 bits per heavy atom. The Balaban J connectivity index is 1.60. The maximum atomic E-state index is 11.7. The predicted octanol–water partition coefficient (Wildman–Crippen LogP) is 3.40. The van der Waals surface area contributed by atoms with Crippen LogP contribution in [-0.2, 0) is 13.0 Å². The van der Waals surface area contributed by atoms with Gasteiger partial charge in [0.1, 0.15) is 5.82 Å². The van der Waals surface area contributed by atoms with Crippen molar-refractivity contribution in [3.8, 4) is 22.6 Å². The first-order chi connectivity index (χ1) is 14.7. The Kier molecular flexibility index (Phi) is 4.40. The maximum Gasteiger partial charge on any atom is 0.275 e. The zero-order chi connectivity index (χ0) is 20.5. The van der Waals surface area contributed by atoms with Gasteiger partial charge in [0.2, 0.25) is 0 Å². The average Bonchev–Trinajstić information content (AvgIpc) is 3.33. The molecule has 9 nitrogen and oxygen atoms in total. The molecule has 4 aromatic rings. The summed E-state index contributed by atoms with van der Waals surface area (Å²) in [5.74, 6) is 1.06. The SMILES string of the molecule is O=[N+]([O-])c1cc(-c2ccccc2-c2nnn[nH]2)nc(N2CCc3ccccc3C2)c1. The normalized spacial score (nSPS) is 13.1. The van der Waals surface area contributed by atoms with E-state index in [9.17, 15) is 10.1 Å². The van der Waals surface area contributed by atoms with Crippen LogP contribution in [0.5, 0.6) is 0 Å². The summed E-state index contributed by atoms with van der Waals surface area (Å²) in [5.41, 5.74) is 4.47. The second-order valence-corrected chi connectivity index (χ2v) is 7.06. The molecule has 0 bridgehead atoms. The van der Waals surface area contributed by atoms with Crippen LogP contribution in [0, 0.1) is 10.1 Å². The lowest BCUT2D eigenvalue weighted by atomic mass is 9.99. The van der Waals surface area contributed by atoms with Crippen LogP contribution < -0.4 is 4.90 Å². The molecule has 0 aliphatic carbocycles. The van der Waals surface area contributed by atoms with E-state index in [0.717, 1.165) is 24.1 Å². The zero-order valence-electron chi connectivity index (χ0n) is 15.9. The summed E-state index contributed by atoms with van der Waals surface area (Å²) in [4.78, 5) is 18.1. The van der Waals surface area contributed by atoms with Gasteiger partial charge in [-0.15, -0.1) is 5.10 Å². The van der Waals surface area contributed by atoms with E-state index in [1.165, 1.54) is 23.3 Å². The van der Waals surface area contributed by atoms with Crippen LogP contribution in [0.1, 0.15) is 11.1 Å². The number of nitro groups is 1. The number of tetrazole rings is 1. The molecule has 0 radical (unpaired) electrons. The highest BCUT2D eigenvalue weighted by atomic mass is 16.6. The third-order valence-corrected chi connectivity index (χ3v) is 5.27. The van der Waals surface area contributed by atoms with E-state index < -0.39 is 0 Å². The number of rotatable bonds is 4. The van der Waals surface area contributed by atoms with Crippen LogP contribution in [-0.4, -0.2) is 37.1 Å². The Morgan fingerprint density at radius 3 is 2.53 bits per heavy atom. The summed E-state index contributed by atoms with van der Waals surface area (Å²) in [6, 6.07) is 18.7. The third-order valence-electron chi connectivity index (χ3n) is 5.27. The Labute approximate surface area is 171 Å². The molecule has 2 aromatic carbocycles. The molecule has 0 saturated carbocycles. The molecule has 9 heteroatoms. The third kappa shape index (κ3) is 3.26. The van der Waals surface area contributed by atoms with Crippen LogP contribution >= 0.6 is 0 Å². The molecule has 0 unspecified atom stereocenters. The quantitative estimate of drug-likeness (QED) is 0.413. The van der Waals surface area contributed by atoms with E-state index >= 15 is 0 Å². The number of pyridine rings is 1. The summed E-state index contributed by atoms with van der Waals surface area (Å²) >= 11 is 0. The molecule has 0 amide bonds. The summed E-state index contributed by atoms with van der Waals surface area (Å²) < 4.78 is 0. The summed E-state index contributed by atoms with van der Waals surface area (Å²) in [6.45, 7) is 1.41. The van der Waals surface area contributed by atoms with Crippen molar-refractivity contribution in [1.29, 1.82) is 0 Å². The van der Waals surface area contributed by atoms with Gasteiger partial charge in [-0.05, 0) is 28.0 Å². The molecule has 0 saturated heterocycles. The van der Waals surface area contributed by atoms with E-state index in [2.05, 4.69) is 37.7 Å². The minimum absolute atomic E-state index is 0.000596. The van der Waals surface area contributed by atoms with Gasteiger partial charge in [-0.2, -0.15) is 0 Å². The standard InChI is InChI=1S/C21H17N7O2/c29-28(30)16-11-19(17-7-3-4-8-18(17)21-23-25-26-24-21)22-20(12-16)27-10-9-14-5-1-2-6-15(14)13-27/h1-8,11-12H,9-10,13H2,(H,23,24,25,26). The lowest BCUT2D eigenvalue weighted by molar-refractivity contribution is -0.384. The van der Waals surface area contributed by atoms with Crippen molar-refractivity contribution < 1.29 is 4.92 Å². The van der Waals surface area contributed by atoms with E-state index in [1.807, 2.05) is 36.4 Å². The lowest BCUT2D eigenvalue weighted by Gasteiger charge is -2.30. The number of fused-ring (bicyclic) bond motifs is 1. The molecule has 3 heterocycles. The fourth-order valence-electron chi connectivity index (χ4n) is 3.78. The molecule has 0 atom stereocenters. The molecular formula is C21H17N7O2. The number of hydrogen-bond donors (Lipinski definition) is 1. The van der Waals surface area contributed by atoms with Crippen LogP contribution in [0.2, 0.25) is 0 Å². The van der Waals surface area contributed by atoms with Gasteiger partial charge in [0, 0.05) is 30.3 Å². The number of nitrogens with zero attached hydrogens (tertiary/aromatic N) is 6. The number of aromatic nitrogens is 5. The van der Waals surface area contributed by atoms with Crippen LogP contribution in [0.4, 0.5) is 11.5 Å². The first kappa shape index (κ1) is 17.9. The van der Waals surface area contributed by atoms with Gasteiger partial charge in [0.25, 0.3) is 5.69 Å². The summed E-state index contributed by atoms with van der Waals surface area (Å²) in [5, 5.41) is 25.6. The van der Waals surface area contributed by atoms with Crippen LogP contribution in [0.25, 0.3) is 22.6 Å². The van der Waals surface area contributed by atoms with Crippen LogP contribution in [0.3, 0.4) is 0 Å². The highest BCUT2D eigenvalue weighted by Crippen LogP contribution is 2.33. The molecule has 0 spiro atoms. The van der Waals surface area contributed by atoms with Crippen molar-refractivity contribution >= 4 is 11.5 Å². The molecule has 1 aliphatic rings. The van der Waals surface area contributed by atoms with Crippen molar-refractivity contribution in [2.45, 2.75) is 13.0 Å². The van der Waals surface area contributed by atoms with Gasteiger partial charge in [-0.3, -0.25) is 10.1 Å². The number of H-pyrrole nitrogens is 1. The van der Waals surface area contributed by atoms with E-state index in [4.69, 9.17) is 4.98 Å². The fraction of sp³-hybridized carbons (Fsp3) is 0.143. The second kappa shape index (κ2) is 7.36. The lowest BCUT2D eigenvalue weighted by Crippen LogP contribution is -2.31. The van der Waals surface area contributed by atoms with Gasteiger partial charge in [-0.25, -0.2) is 10.1 Å². The topological polar surface area (TPSA) is 114 Å². The van der Waals surface area contributed by atoms with E-state index in [0.29, 0.717) is 23.9 Å². The van der Waals surface area contributed by atoms with Gasteiger partial charge in [0.05, 0.1) is 16.7 Å². The predicted molar refractivity (Wildman–Crippen MR) is 111 cm³/mol. The second-order valence-electron chi connectivity index (χ2n) is 7.06. The van der Waals surface area contributed by atoms with E-state index in [1.54, 1.807) is 0 Å². The van der Waals surface area contributed by atoms with Crippen molar-refractivity contribution in [2.75, 3.05) is 11.4 Å². The molecule has 1 aliphatic heterocycles. The van der Waals surface area contributed by atoms with Crippen molar-refractivity contribution in [1.82, 2.24) is 25.6 Å². The minimum Gasteiger partial charge on any atom is -0.352 e. The Hall–Kier alpha value is -4.14. The van der Waals surface area contributed by atoms with Gasteiger partial charge >= 0.3 is 0 Å². The largest absolute Gasteiger partial charge is 0.352 e. The summed E-state index contributed by atoms with van der Waals surface area (Å²) in [7, 11) is 0. The molecule has 5 rings (SSSR count). The van der Waals surface area contributed by atoms with Gasteiger partial charge in [0.15, 0.2) is 5.82 Å². The highest BCUT2D eigenvalue weighted by Gasteiger charge is 2.22. The van der Waals surface area contributed by atoms with Gasteiger partial charge < -0.3 is 4.90 Å². The fourth-order valence-corrected chi connectivity index (χ4v) is 3.78. The monoisotopic (exact) mass is 399 g/mol. The smallest absolute Gasteiger partial charge is 0.275 e. The molecule has 0 fully saturated rings. The van der Waals surface area contributed by atoms with Crippen molar-refractivity contribution in [2.24, 2.45) is 0 Å². The first-order valence-corrected chi connectivity index (χ1v) is 9.51. The molecule has 30 heavy (non-hydrogen) atoms. The molecule has 2 aromatic heterocycles. The molecule has 1 N–H and O–H groups in total. The number of hydrogen-bond acceptors (Lipinski definition) is 7. The van der Waals surface area contributed by atoms with Crippen LogP contribution in [0.15, 0.2) is 60.7 Å². The maximum absolute atomic E-state index is 11.7. The van der Waals surface area contributed by atoms with Crippen molar-refractivity contribution in [3.05, 3.63) is 81.9 Å². The molecular weight excluding hydrogens is 382 g/mol. The summed E-state index contributed by atoms with van der Waals surface area (Å²) in [6.07, 6.45) is 0.871. The number of nitrogens with one attached hydrogen (secondary N) is 1. The molecule has 148 valence electrons. The minimum atomic E-state index is -0.384. The number of benzene rings is 2. The van der Waals surface area contributed by atoms with Gasteiger partial charge in [-0.1, -0.05) is 48.5 Å². The number of anilines is 1. The average molecular weight is 399 g/mol. The zero-order valence-corrected chi connectivity index (χ0v) is 15.9. The van der Waals surface area contributed by atoms with E-state index in [-0.39, 0.29) is 10.6 Å². The Bertz CT molecular complexity index is 1220. The number of aromatic amines is 1. The van der Waals surface area contributed by atoms with Crippen molar-refractivity contribution in [3.63, 3.8) is 0 Å². The Morgan fingerprint density at radius 2 is 1.77 bits per heavy atom.